The number of hydrogen-bond donors (Lipinski definition) is 2. The molecule has 1 atom stereocenters. The predicted octanol–water partition coefficient (Wildman–Crippen LogP) is 2.95. The van der Waals surface area contributed by atoms with Gasteiger partial charge in [0.05, 0.1) is 11.4 Å². The van der Waals surface area contributed by atoms with Crippen LogP contribution in [-0.4, -0.2) is 11.9 Å². The van der Waals surface area contributed by atoms with Gasteiger partial charge < -0.3 is 10.6 Å². The van der Waals surface area contributed by atoms with Gasteiger partial charge in [0, 0.05) is 0 Å². The highest BCUT2D eigenvalue weighted by atomic mass is 16.2. The molecule has 0 radical (unpaired) electrons. The predicted molar refractivity (Wildman–Crippen MR) is 66.9 cm³/mol. The van der Waals surface area contributed by atoms with E-state index >= 15 is 0 Å². The highest BCUT2D eigenvalue weighted by Crippen LogP contribution is 2.34. The molecule has 0 aromatic heterocycles. The molecule has 2 N–H and O–H groups in total. The lowest BCUT2D eigenvalue weighted by Crippen LogP contribution is -2.38. The zero-order valence-electron chi connectivity index (χ0n) is 10.0. The molecule has 1 amide bonds. The van der Waals surface area contributed by atoms with Crippen LogP contribution in [-0.2, 0) is 4.79 Å². The summed E-state index contributed by atoms with van der Waals surface area (Å²) >= 11 is 0. The third-order valence-electron chi connectivity index (χ3n) is 3.02. The van der Waals surface area contributed by atoms with Crippen LogP contribution in [0.3, 0.4) is 0 Å². The van der Waals surface area contributed by atoms with E-state index in [9.17, 15) is 4.79 Å². The third-order valence-corrected chi connectivity index (χ3v) is 3.02. The molecule has 16 heavy (non-hydrogen) atoms. The Morgan fingerprint density at radius 3 is 2.75 bits per heavy atom. The maximum absolute atomic E-state index is 11.8. The van der Waals surface area contributed by atoms with E-state index in [2.05, 4.69) is 30.5 Å². The van der Waals surface area contributed by atoms with Crippen molar-refractivity contribution < 1.29 is 4.79 Å². The molecule has 86 valence electrons. The quantitative estimate of drug-likeness (QED) is 0.801. The molecule has 0 saturated heterocycles. The minimum absolute atomic E-state index is 0.0723. The monoisotopic (exact) mass is 218 g/mol. The van der Waals surface area contributed by atoms with Gasteiger partial charge in [-0.15, -0.1) is 0 Å². The average molecular weight is 218 g/mol. The lowest BCUT2D eigenvalue weighted by molar-refractivity contribution is -0.117. The molecule has 0 bridgehead atoms. The molecule has 1 aromatic carbocycles. The summed E-state index contributed by atoms with van der Waals surface area (Å²) < 4.78 is 0. The van der Waals surface area contributed by atoms with Crippen molar-refractivity contribution in [3.05, 3.63) is 23.8 Å². The molecular formula is C13H18N2O. The molecular weight excluding hydrogens is 200 g/mol. The summed E-state index contributed by atoms with van der Waals surface area (Å²) in [6, 6.07) is 6.02. The van der Waals surface area contributed by atoms with Crippen molar-refractivity contribution in [1.82, 2.24) is 0 Å². The number of carbonyl (C=O) groups is 1. The first-order valence-corrected chi connectivity index (χ1v) is 5.83. The Hall–Kier alpha value is -1.51. The Labute approximate surface area is 96.2 Å². The first kappa shape index (κ1) is 11.0. The van der Waals surface area contributed by atoms with E-state index in [4.69, 9.17) is 0 Å². The Morgan fingerprint density at radius 2 is 2.12 bits per heavy atom. The Kier molecular flexibility index (Phi) is 2.86. The fraction of sp³-hybridized carbons (Fsp3) is 0.462. The van der Waals surface area contributed by atoms with Crippen LogP contribution in [0.5, 0.6) is 0 Å². The maximum Gasteiger partial charge on any atom is 0.246 e. The van der Waals surface area contributed by atoms with Gasteiger partial charge in [0.1, 0.15) is 6.04 Å². The normalized spacial score (nSPS) is 19.0. The van der Waals surface area contributed by atoms with E-state index in [1.807, 2.05) is 19.1 Å². The zero-order valence-corrected chi connectivity index (χ0v) is 10.0. The smallest absolute Gasteiger partial charge is 0.246 e. The van der Waals surface area contributed by atoms with Gasteiger partial charge in [-0.05, 0) is 24.0 Å². The summed E-state index contributed by atoms with van der Waals surface area (Å²) in [4.78, 5) is 11.8. The van der Waals surface area contributed by atoms with Crippen molar-refractivity contribution in [3.8, 4) is 0 Å². The fourth-order valence-electron chi connectivity index (χ4n) is 2.06. The average Bonchev–Trinajstić information content (AvgIpc) is 2.27. The summed E-state index contributed by atoms with van der Waals surface area (Å²) in [5.74, 6) is 0.485. The molecule has 1 aliphatic rings. The SMILES string of the molecule is CCC1Nc2cccc(C(C)C)c2NC1=O. The summed E-state index contributed by atoms with van der Waals surface area (Å²) in [7, 11) is 0. The van der Waals surface area contributed by atoms with Crippen molar-refractivity contribution in [1.29, 1.82) is 0 Å². The van der Waals surface area contributed by atoms with Crippen LogP contribution in [0.25, 0.3) is 0 Å². The largest absolute Gasteiger partial charge is 0.372 e. The lowest BCUT2D eigenvalue weighted by Gasteiger charge is -2.28. The van der Waals surface area contributed by atoms with Gasteiger partial charge in [-0.3, -0.25) is 4.79 Å². The third kappa shape index (κ3) is 1.77. The lowest BCUT2D eigenvalue weighted by atomic mass is 9.97. The topological polar surface area (TPSA) is 41.1 Å². The van der Waals surface area contributed by atoms with Crippen molar-refractivity contribution >= 4 is 17.3 Å². The number of para-hydroxylation sites is 1. The number of benzene rings is 1. The highest BCUT2D eigenvalue weighted by molar-refractivity contribution is 6.03. The Balaban J connectivity index is 2.42. The number of fused-ring (bicyclic) bond motifs is 1. The van der Waals surface area contributed by atoms with E-state index < -0.39 is 0 Å². The van der Waals surface area contributed by atoms with Gasteiger partial charge >= 0.3 is 0 Å². The number of carbonyl (C=O) groups excluding carboxylic acids is 1. The van der Waals surface area contributed by atoms with Crippen LogP contribution >= 0.6 is 0 Å². The van der Waals surface area contributed by atoms with Crippen LogP contribution in [0.4, 0.5) is 11.4 Å². The highest BCUT2D eigenvalue weighted by Gasteiger charge is 2.25. The van der Waals surface area contributed by atoms with Crippen LogP contribution in [0.2, 0.25) is 0 Å². The number of rotatable bonds is 2. The molecule has 3 nitrogen and oxygen atoms in total. The van der Waals surface area contributed by atoms with E-state index in [1.54, 1.807) is 0 Å². The first-order chi connectivity index (χ1) is 7.63. The van der Waals surface area contributed by atoms with Gasteiger partial charge in [0.15, 0.2) is 0 Å². The van der Waals surface area contributed by atoms with E-state index in [1.165, 1.54) is 5.56 Å². The molecule has 1 unspecified atom stereocenters. The number of amides is 1. The minimum atomic E-state index is -0.102. The van der Waals surface area contributed by atoms with E-state index in [-0.39, 0.29) is 11.9 Å². The molecule has 2 rings (SSSR count). The summed E-state index contributed by atoms with van der Waals surface area (Å²) in [6.07, 6.45) is 0.803. The number of anilines is 2. The minimum Gasteiger partial charge on any atom is -0.372 e. The van der Waals surface area contributed by atoms with Crippen molar-refractivity contribution in [2.75, 3.05) is 10.6 Å². The van der Waals surface area contributed by atoms with Gasteiger partial charge in [-0.25, -0.2) is 0 Å². The van der Waals surface area contributed by atoms with Crippen LogP contribution < -0.4 is 10.6 Å². The van der Waals surface area contributed by atoms with Gasteiger partial charge in [0.25, 0.3) is 0 Å². The Morgan fingerprint density at radius 1 is 1.38 bits per heavy atom. The summed E-state index contributed by atoms with van der Waals surface area (Å²) in [5, 5.41) is 6.29. The summed E-state index contributed by atoms with van der Waals surface area (Å²) in [6.45, 7) is 6.27. The fourth-order valence-corrected chi connectivity index (χ4v) is 2.06. The van der Waals surface area contributed by atoms with Crippen LogP contribution in [0.1, 0.15) is 38.7 Å². The van der Waals surface area contributed by atoms with Crippen LogP contribution in [0.15, 0.2) is 18.2 Å². The van der Waals surface area contributed by atoms with Gasteiger partial charge in [0.2, 0.25) is 5.91 Å². The molecule has 1 heterocycles. The first-order valence-electron chi connectivity index (χ1n) is 5.83. The van der Waals surface area contributed by atoms with Crippen molar-refractivity contribution in [3.63, 3.8) is 0 Å². The van der Waals surface area contributed by atoms with Crippen molar-refractivity contribution in [2.45, 2.75) is 39.2 Å². The summed E-state index contributed by atoms with van der Waals surface area (Å²) in [5.41, 5.74) is 3.18. The second-order valence-corrected chi connectivity index (χ2v) is 4.52. The van der Waals surface area contributed by atoms with Crippen LogP contribution in [0, 0.1) is 0 Å². The second-order valence-electron chi connectivity index (χ2n) is 4.52. The zero-order chi connectivity index (χ0) is 11.7. The molecule has 0 spiro atoms. The molecule has 3 heteroatoms. The number of nitrogens with one attached hydrogen (secondary N) is 2. The standard InChI is InChI=1S/C13H18N2O/c1-4-10-13(16)15-12-9(8(2)3)6-5-7-11(12)14-10/h5-8,10,14H,4H2,1-3H3,(H,15,16). The molecule has 1 aromatic rings. The molecule has 1 aliphatic heterocycles. The van der Waals surface area contributed by atoms with Gasteiger partial charge in [-0.1, -0.05) is 32.9 Å². The second kappa shape index (κ2) is 4.16. The number of hydrogen-bond acceptors (Lipinski definition) is 2. The van der Waals surface area contributed by atoms with E-state index in [0.717, 1.165) is 17.8 Å². The molecule has 0 aliphatic carbocycles. The van der Waals surface area contributed by atoms with Gasteiger partial charge in [-0.2, -0.15) is 0 Å². The van der Waals surface area contributed by atoms with Crippen molar-refractivity contribution in [2.24, 2.45) is 0 Å². The van der Waals surface area contributed by atoms with E-state index in [0.29, 0.717) is 5.92 Å². The maximum atomic E-state index is 11.8. The molecule has 0 saturated carbocycles. The molecule has 0 fully saturated rings. The Bertz CT molecular complexity index is 412.